The van der Waals surface area contributed by atoms with Gasteiger partial charge in [-0.3, -0.25) is 14.3 Å². The summed E-state index contributed by atoms with van der Waals surface area (Å²) in [5, 5.41) is 12.7. The molecule has 1 aliphatic carbocycles. The van der Waals surface area contributed by atoms with Gasteiger partial charge in [0.05, 0.1) is 39.0 Å². The number of nitrogens with one attached hydrogen (secondary N) is 1. The lowest BCUT2D eigenvalue weighted by atomic mass is 10.1. The monoisotopic (exact) mass is 485 g/mol. The number of ether oxygens (including phenoxy) is 1. The first-order chi connectivity index (χ1) is 18.6. The minimum Gasteiger partial charge on any atom is -0.497 e. The molecule has 3 aromatic heterocycles. The number of hydrogen-bond donors (Lipinski definition) is 1. The van der Waals surface area contributed by atoms with Crippen LogP contribution < -0.4 is 15.6 Å². The molecule has 5 aromatic rings. The van der Waals surface area contributed by atoms with E-state index in [0.29, 0.717) is 45.9 Å². The zero-order valence-electron chi connectivity index (χ0n) is 22.9. The summed E-state index contributed by atoms with van der Waals surface area (Å²) in [6.07, 6.45) is 5.79. The van der Waals surface area contributed by atoms with Crippen molar-refractivity contribution in [1.82, 2.24) is 29.4 Å². The number of rotatable bonds is 6. The molecular weight excluding hydrogens is 456 g/mol. The van der Waals surface area contributed by atoms with Crippen LogP contribution in [0.15, 0.2) is 59.7 Å². The van der Waals surface area contributed by atoms with E-state index in [4.69, 9.17) is 13.9 Å². The molecule has 0 atom stereocenters. The fourth-order valence-corrected chi connectivity index (χ4v) is 4.68. The summed E-state index contributed by atoms with van der Waals surface area (Å²) in [5.74, 6) is 0.324. The summed E-state index contributed by atoms with van der Waals surface area (Å²) < 4.78 is 32.1. The number of carbonyl (C=O) groups is 1. The summed E-state index contributed by atoms with van der Waals surface area (Å²) >= 11 is 0. The predicted octanol–water partition coefficient (Wildman–Crippen LogP) is 3.52. The van der Waals surface area contributed by atoms with Crippen molar-refractivity contribution in [3.63, 3.8) is 0 Å². The van der Waals surface area contributed by atoms with Gasteiger partial charge in [-0.15, -0.1) is 0 Å². The first kappa shape index (κ1) is 18.9. The van der Waals surface area contributed by atoms with Gasteiger partial charge in [-0.25, -0.2) is 0 Å². The second-order valence-corrected chi connectivity index (χ2v) is 9.18. The maximum Gasteiger partial charge on any atom is 0.281 e. The Labute approximate surface area is 211 Å². The van der Waals surface area contributed by atoms with E-state index in [2.05, 4.69) is 10.4 Å². The molecule has 3 heterocycles. The lowest BCUT2D eigenvalue weighted by Gasteiger charge is -2.13. The molecule has 36 heavy (non-hydrogen) atoms. The highest BCUT2D eigenvalue weighted by atomic mass is 16.5. The number of fused-ring (bicyclic) bond motifs is 2. The van der Waals surface area contributed by atoms with E-state index in [9.17, 15) is 9.59 Å². The number of hydrogen-bond acceptors (Lipinski definition) is 5. The third-order valence-corrected chi connectivity index (χ3v) is 6.63. The number of carbonyl (C=O) groups excluding carboxylic acids is 1. The Morgan fingerprint density at radius 3 is 2.69 bits per heavy atom. The fourth-order valence-electron chi connectivity index (χ4n) is 4.68. The maximum absolute atomic E-state index is 14.2. The highest BCUT2D eigenvalue weighted by Crippen LogP contribution is 2.35. The van der Waals surface area contributed by atoms with E-state index in [-0.39, 0.29) is 17.2 Å². The van der Waals surface area contributed by atoms with Crippen LogP contribution in [0.25, 0.3) is 38.8 Å². The van der Waals surface area contributed by atoms with E-state index < -0.39 is 7.04 Å². The van der Waals surface area contributed by atoms with E-state index in [1.165, 1.54) is 16.8 Å². The average molecular weight is 486 g/mol. The molecule has 1 N–H and O–H groups in total. The topological polar surface area (TPSA) is 96.0 Å². The van der Waals surface area contributed by atoms with Crippen molar-refractivity contribution in [3.8, 4) is 22.6 Å². The van der Waals surface area contributed by atoms with E-state index in [1.54, 1.807) is 36.1 Å². The molecule has 0 bridgehead atoms. The molecule has 182 valence electrons. The van der Waals surface area contributed by atoms with Gasteiger partial charge < -0.3 is 14.6 Å². The van der Waals surface area contributed by atoms with Crippen LogP contribution in [0.1, 0.15) is 27.3 Å². The van der Waals surface area contributed by atoms with Gasteiger partial charge in [-0.05, 0) is 54.7 Å². The van der Waals surface area contributed by atoms with Crippen molar-refractivity contribution in [2.24, 2.45) is 13.0 Å². The van der Waals surface area contributed by atoms with Crippen molar-refractivity contribution in [2.75, 3.05) is 14.1 Å². The molecule has 0 radical (unpaired) electrons. The van der Waals surface area contributed by atoms with Crippen LogP contribution in [0, 0.1) is 5.92 Å². The van der Waals surface area contributed by atoms with Gasteiger partial charge >= 0.3 is 0 Å². The van der Waals surface area contributed by atoms with Crippen LogP contribution in [0.3, 0.4) is 0 Å². The van der Waals surface area contributed by atoms with Crippen molar-refractivity contribution < 1.29 is 13.6 Å². The minimum absolute atomic E-state index is 0.158. The largest absolute Gasteiger partial charge is 0.497 e. The van der Waals surface area contributed by atoms with Crippen LogP contribution in [-0.4, -0.2) is 44.1 Å². The SMILES string of the molecule is [2H]C([2H])([2H])Oc1ccc(-c2c(=O)n(-c3ccc4nn(C)cc4c3)nc3c(C(=O)NC)cn(CC4CC4)c23)cc1. The third-order valence-electron chi connectivity index (χ3n) is 6.63. The van der Waals surface area contributed by atoms with Gasteiger partial charge in [0.25, 0.3) is 11.5 Å². The zero-order chi connectivity index (χ0) is 27.5. The Morgan fingerprint density at radius 1 is 1.17 bits per heavy atom. The summed E-state index contributed by atoms with van der Waals surface area (Å²) in [4.78, 5) is 27.1. The highest BCUT2D eigenvalue weighted by Gasteiger charge is 2.28. The third kappa shape index (κ3) is 3.64. The van der Waals surface area contributed by atoms with Crippen LogP contribution >= 0.6 is 0 Å². The Hall–Kier alpha value is -4.40. The van der Waals surface area contributed by atoms with Gasteiger partial charge in [-0.1, -0.05) is 12.1 Å². The summed E-state index contributed by atoms with van der Waals surface area (Å²) in [5.41, 5.74) is 3.20. The molecule has 2 aromatic carbocycles. The normalized spacial score (nSPS) is 15.0. The zero-order valence-corrected chi connectivity index (χ0v) is 19.9. The molecule has 0 saturated heterocycles. The van der Waals surface area contributed by atoms with Crippen molar-refractivity contribution in [2.45, 2.75) is 19.4 Å². The van der Waals surface area contributed by atoms with Crippen molar-refractivity contribution in [1.29, 1.82) is 0 Å². The smallest absolute Gasteiger partial charge is 0.281 e. The van der Waals surface area contributed by atoms with Crippen molar-refractivity contribution in [3.05, 3.63) is 70.8 Å². The summed E-state index contributed by atoms with van der Waals surface area (Å²) in [6.45, 7) is 0.660. The molecule has 1 aliphatic rings. The second kappa shape index (κ2) is 8.37. The van der Waals surface area contributed by atoms with Crippen LogP contribution in [0.2, 0.25) is 0 Å². The minimum atomic E-state index is -2.59. The summed E-state index contributed by atoms with van der Waals surface area (Å²) in [6, 6.07) is 11.8. The Kier molecular flexibility index (Phi) is 4.39. The first-order valence-electron chi connectivity index (χ1n) is 13.2. The molecular formula is C27H26N6O3. The molecule has 9 heteroatoms. The molecule has 0 spiro atoms. The molecule has 1 amide bonds. The van der Waals surface area contributed by atoms with E-state index in [0.717, 1.165) is 23.7 Å². The Morgan fingerprint density at radius 2 is 1.97 bits per heavy atom. The average Bonchev–Trinajstić information content (AvgIpc) is 3.52. The number of benzene rings is 2. The number of aromatic nitrogens is 5. The van der Waals surface area contributed by atoms with Gasteiger partial charge in [0.1, 0.15) is 11.3 Å². The van der Waals surface area contributed by atoms with Gasteiger partial charge in [-0.2, -0.15) is 14.9 Å². The van der Waals surface area contributed by atoms with Crippen LogP contribution in [0.5, 0.6) is 5.75 Å². The molecule has 6 rings (SSSR count). The molecule has 9 nitrogen and oxygen atoms in total. The molecule has 1 saturated carbocycles. The standard InChI is InChI=1S/C27H26N6O3/c1-28-26(34)21-15-32(13-16-4-5-16)25-23(17-6-9-20(36-3)10-7-17)27(35)33(30-24(21)25)19-8-11-22-18(12-19)14-31(2)29-22/h6-12,14-16H,4-5,13H2,1-3H3,(H,28,34)/i3D3. The van der Waals surface area contributed by atoms with Gasteiger partial charge in [0.2, 0.25) is 0 Å². The molecule has 0 aliphatic heterocycles. The Balaban J connectivity index is 1.62. The number of aryl methyl sites for hydroxylation is 1. The van der Waals surface area contributed by atoms with E-state index >= 15 is 0 Å². The van der Waals surface area contributed by atoms with Crippen LogP contribution in [0.4, 0.5) is 0 Å². The van der Waals surface area contributed by atoms with Crippen molar-refractivity contribution >= 4 is 27.8 Å². The number of nitrogens with zero attached hydrogens (tertiary/aromatic N) is 5. The summed E-state index contributed by atoms with van der Waals surface area (Å²) in [7, 11) is 0.792. The van der Waals surface area contributed by atoms with E-state index in [1.807, 2.05) is 29.9 Å². The van der Waals surface area contributed by atoms with Gasteiger partial charge in [0.15, 0.2) is 0 Å². The lowest BCUT2D eigenvalue weighted by Crippen LogP contribution is -2.24. The Bertz CT molecular complexity index is 1800. The fraction of sp³-hybridized carbons (Fsp3) is 0.259. The van der Waals surface area contributed by atoms with Gasteiger partial charge in [0, 0.05) is 38.4 Å². The lowest BCUT2D eigenvalue weighted by molar-refractivity contribution is 0.0964. The number of amides is 1. The molecule has 0 unspecified atom stereocenters. The second-order valence-electron chi connectivity index (χ2n) is 9.18. The predicted molar refractivity (Wildman–Crippen MR) is 138 cm³/mol. The maximum atomic E-state index is 14.2. The molecule has 1 fully saturated rings. The number of methoxy groups -OCH3 is 1. The highest BCUT2D eigenvalue weighted by molar-refractivity contribution is 6.08. The quantitative estimate of drug-likeness (QED) is 0.397. The van der Waals surface area contributed by atoms with Crippen LogP contribution in [-0.2, 0) is 13.6 Å². The first-order valence-corrected chi connectivity index (χ1v) is 11.7.